The minimum absolute atomic E-state index is 0.105. The molecule has 0 aliphatic carbocycles. The number of benzene rings is 1. The van der Waals surface area contributed by atoms with Gasteiger partial charge in [-0.3, -0.25) is 0 Å². The molecule has 2 aromatic rings. The molecule has 0 spiro atoms. The molecule has 23 heavy (non-hydrogen) atoms. The first kappa shape index (κ1) is 16.5. The maximum Gasteiger partial charge on any atom is 0.250 e. The van der Waals surface area contributed by atoms with Gasteiger partial charge in [-0.05, 0) is 36.2 Å². The van der Waals surface area contributed by atoms with Crippen LogP contribution in [0.1, 0.15) is 18.1 Å². The van der Waals surface area contributed by atoms with E-state index in [1.165, 1.54) is 12.1 Å². The maximum absolute atomic E-state index is 12.0. The minimum Gasteiger partial charge on any atom is -0.454 e. The van der Waals surface area contributed by atoms with Crippen LogP contribution < -0.4 is 14.2 Å². The molecule has 2 heterocycles. The fourth-order valence-corrected chi connectivity index (χ4v) is 4.71. The van der Waals surface area contributed by atoms with Gasteiger partial charge in [-0.2, -0.15) is 0 Å². The number of ether oxygens (including phenoxy) is 2. The first-order chi connectivity index (χ1) is 11.0. The second-order valence-corrected chi connectivity index (χ2v) is 8.58. The molecule has 0 radical (unpaired) electrons. The van der Waals surface area contributed by atoms with Crippen LogP contribution in [0.15, 0.2) is 34.5 Å². The number of aliphatic hydroxyl groups excluding tert-OH is 1. The molecule has 1 unspecified atom stereocenters. The van der Waals surface area contributed by atoms with Gasteiger partial charge in [0.15, 0.2) is 11.5 Å². The van der Waals surface area contributed by atoms with E-state index in [0.29, 0.717) is 21.4 Å². The van der Waals surface area contributed by atoms with Gasteiger partial charge in [-0.25, -0.2) is 13.1 Å². The second-order valence-electron chi connectivity index (χ2n) is 4.87. The van der Waals surface area contributed by atoms with Crippen molar-refractivity contribution in [2.45, 2.75) is 16.7 Å². The molecule has 0 saturated heterocycles. The van der Waals surface area contributed by atoms with E-state index in [-0.39, 0.29) is 24.0 Å². The zero-order valence-electron chi connectivity index (χ0n) is 11.9. The van der Waals surface area contributed by atoms with Crippen molar-refractivity contribution < 1.29 is 23.0 Å². The quantitative estimate of drug-likeness (QED) is 0.810. The topological polar surface area (TPSA) is 84.9 Å². The van der Waals surface area contributed by atoms with E-state index < -0.39 is 16.1 Å². The molecule has 0 fully saturated rings. The molecule has 1 atom stereocenters. The number of nitrogens with one attached hydrogen (secondary N) is 1. The zero-order chi connectivity index (χ0) is 16.4. The molecule has 1 aliphatic rings. The Morgan fingerprint density at radius 1 is 1.26 bits per heavy atom. The molecular formula is C14H14ClNO5S2. The van der Waals surface area contributed by atoms with Gasteiger partial charge in [0.1, 0.15) is 4.21 Å². The summed E-state index contributed by atoms with van der Waals surface area (Å²) in [5.74, 6) is 1.21. The maximum atomic E-state index is 12.0. The molecule has 1 aromatic heterocycles. The number of fused-ring (bicyclic) bond motifs is 1. The highest BCUT2D eigenvalue weighted by Crippen LogP contribution is 2.34. The van der Waals surface area contributed by atoms with Crippen LogP contribution in [0, 0.1) is 0 Å². The highest BCUT2D eigenvalue weighted by molar-refractivity contribution is 7.91. The Morgan fingerprint density at radius 3 is 2.78 bits per heavy atom. The Kier molecular flexibility index (Phi) is 4.79. The summed E-state index contributed by atoms with van der Waals surface area (Å²) in [7, 11) is -3.60. The van der Waals surface area contributed by atoms with Crippen molar-refractivity contribution in [2.75, 3.05) is 13.3 Å². The molecule has 1 aromatic carbocycles. The lowest BCUT2D eigenvalue weighted by Crippen LogP contribution is -2.25. The largest absolute Gasteiger partial charge is 0.454 e. The SMILES string of the molecule is O=S(=O)(NCCC(O)c1ccc2c(c1)OCO2)c1ccc(Cl)s1. The number of rotatable bonds is 6. The van der Waals surface area contributed by atoms with Crippen molar-refractivity contribution in [1.29, 1.82) is 0 Å². The Balaban J connectivity index is 1.58. The van der Waals surface area contributed by atoms with E-state index in [2.05, 4.69) is 4.72 Å². The highest BCUT2D eigenvalue weighted by Gasteiger charge is 2.19. The van der Waals surface area contributed by atoms with Gasteiger partial charge in [-0.1, -0.05) is 17.7 Å². The summed E-state index contributed by atoms with van der Waals surface area (Å²) in [6, 6.07) is 8.12. The van der Waals surface area contributed by atoms with Crippen molar-refractivity contribution in [2.24, 2.45) is 0 Å². The van der Waals surface area contributed by atoms with E-state index in [9.17, 15) is 13.5 Å². The number of thiophene rings is 1. The lowest BCUT2D eigenvalue weighted by atomic mass is 10.1. The molecule has 2 N–H and O–H groups in total. The van der Waals surface area contributed by atoms with Crippen LogP contribution >= 0.6 is 22.9 Å². The van der Waals surface area contributed by atoms with Gasteiger partial charge in [-0.15, -0.1) is 11.3 Å². The summed E-state index contributed by atoms with van der Waals surface area (Å²) < 4.78 is 37.5. The van der Waals surface area contributed by atoms with Crippen molar-refractivity contribution in [3.63, 3.8) is 0 Å². The third-order valence-corrected chi connectivity index (χ3v) is 6.49. The fourth-order valence-electron chi connectivity index (χ4n) is 2.13. The van der Waals surface area contributed by atoms with Gasteiger partial charge >= 0.3 is 0 Å². The molecular weight excluding hydrogens is 362 g/mol. The number of hydrogen-bond donors (Lipinski definition) is 2. The van der Waals surface area contributed by atoms with Crippen LogP contribution in [0.25, 0.3) is 0 Å². The molecule has 9 heteroatoms. The van der Waals surface area contributed by atoms with Crippen LogP contribution in [-0.2, 0) is 10.0 Å². The summed E-state index contributed by atoms with van der Waals surface area (Å²) in [6.07, 6.45) is -0.572. The minimum atomic E-state index is -3.60. The molecule has 0 bridgehead atoms. The Labute approximate surface area is 142 Å². The third-order valence-electron chi connectivity index (χ3n) is 3.30. The average Bonchev–Trinajstić information content (AvgIpc) is 3.14. The fraction of sp³-hybridized carbons (Fsp3) is 0.286. The normalized spacial score (nSPS) is 14.9. The molecule has 0 saturated carbocycles. The van der Waals surface area contributed by atoms with E-state index in [1.54, 1.807) is 18.2 Å². The lowest BCUT2D eigenvalue weighted by Gasteiger charge is -2.12. The van der Waals surface area contributed by atoms with Crippen LogP contribution in [0.5, 0.6) is 11.5 Å². The highest BCUT2D eigenvalue weighted by atomic mass is 35.5. The van der Waals surface area contributed by atoms with Gasteiger partial charge in [0, 0.05) is 6.54 Å². The van der Waals surface area contributed by atoms with Crippen molar-refractivity contribution in [3.8, 4) is 11.5 Å². The van der Waals surface area contributed by atoms with E-state index in [4.69, 9.17) is 21.1 Å². The standard InChI is InChI=1S/C14H14ClNO5S2/c15-13-3-4-14(22-13)23(18,19)16-6-5-10(17)9-1-2-11-12(7-9)21-8-20-11/h1-4,7,10,16-17H,5-6,8H2. The predicted molar refractivity (Wildman–Crippen MR) is 86.7 cm³/mol. The number of aliphatic hydroxyl groups is 1. The summed E-state index contributed by atoms with van der Waals surface area (Å²) in [5.41, 5.74) is 0.646. The average molecular weight is 376 g/mol. The van der Waals surface area contributed by atoms with Gasteiger partial charge in [0.25, 0.3) is 0 Å². The predicted octanol–water partition coefficient (Wildman–Crippen LogP) is 2.53. The van der Waals surface area contributed by atoms with Crippen LogP contribution in [0.3, 0.4) is 0 Å². The van der Waals surface area contributed by atoms with Crippen LogP contribution in [0.2, 0.25) is 4.34 Å². The van der Waals surface area contributed by atoms with E-state index in [1.807, 2.05) is 0 Å². The molecule has 1 aliphatic heterocycles. The Morgan fingerprint density at radius 2 is 2.04 bits per heavy atom. The Hall–Kier alpha value is -1.32. The second kappa shape index (κ2) is 6.66. The van der Waals surface area contributed by atoms with Gasteiger partial charge in [0.05, 0.1) is 10.4 Å². The monoisotopic (exact) mass is 375 g/mol. The first-order valence-corrected chi connectivity index (χ1v) is 9.46. The zero-order valence-corrected chi connectivity index (χ0v) is 14.2. The summed E-state index contributed by atoms with van der Waals surface area (Å²) in [4.78, 5) is 0. The summed E-state index contributed by atoms with van der Waals surface area (Å²) in [6.45, 7) is 0.269. The third kappa shape index (κ3) is 3.78. The first-order valence-electron chi connectivity index (χ1n) is 6.78. The van der Waals surface area contributed by atoms with Gasteiger partial charge < -0.3 is 14.6 Å². The van der Waals surface area contributed by atoms with Crippen molar-refractivity contribution in [3.05, 3.63) is 40.2 Å². The lowest BCUT2D eigenvalue weighted by molar-refractivity contribution is 0.166. The summed E-state index contributed by atoms with van der Waals surface area (Å²) in [5, 5.41) is 10.2. The molecule has 0 amide bonds. The Bertz CT molecular complexity index is 805. The van der Waals surface area contributed by atoms with Crippen molar-refractivity contribution >= 4 is 33.0 Å². The van der Waals surface area contributed by atoms with Crippen molar-refractivity contribution in [1.82, 2.24) is 4.72 Å². The smallest absolute Gasteiger partial charge is 0.250 e. The molecule has 6 nitrogen and oxygen atoms in total. The van der Waals surface area contributed by atoms with Crippen LogP contribution in [-0.4, -0.2) is 26.9 Å². The van der Waals surface area contributed by atoms with E-state index in [0.717, 1.165) is 11.3 Å². The number of sulfonamides is 1. The van der Waals surface area contributed by atoms with Gasteiger partial charge in [0.2, 0.25) is 16.8 Å². The number of hydrogen-bond acceptors (Lipinski definition) is 6. The summed E-state index contributed by atoms with van der Waals surface area (Å²) >= 11 is 6.73. The number of halogens is 1. The molecule has 3 rings (SSSR count). The molecule has 124 valence electrons. The van der Waals surface area contributed by atoms with E-state index >= 15 is 0 Å². The van der Waals surface area contributed by atoms with Crippen LogP contribution in [0.4, 0.5) is 0 Å².